The largest absolute Gasteiger partial charge is 0.0876 e. The lowest BCUT2D eigenvalue weighted by atomic mass is 9.98. The van der Waals surface area contributed by atoms with Gasteiger partial charge in [-0.15, -0.1) is 0 Å². The molecule has 2 heteroatoms. The van der Waals surface area contributed by atoms with E-state index in [0.29, 0.717) is 0 Å². The maximum absolute atomic E-state index is 6.10. The van der Waals surface area contributed by atoms with E-state index in [0.717, 1.165) is 10.4 Å². The van der Waals surface area contributed by atoms with Crippen LogP contribution in [0.2, 0.25) is 5.02 Å². The van der Waals surface area contributed by atoms with Crippen molar-refractivity contribution < 1.29 is 0 Å². The summed E-state index contributed by atoms with van der Waals surface area (Å²) < 4.78 is 0. The second-order valence-electron chi connectivity index (χ2n) is 4.08. The topological polar surface area (TPSA) is 0 Å². The smallest absolute Gasteiger partial charge is 0.0412 e. The molecular weight excluding hydrogens is 296 g/mol. The molecule has 17 heavy (non-hydrogen) atoms. The van der Waals surface area contributed by atoms with Crippen LogP contribution < -0.4 is 0 Å². The van der Waals surface area contributed by atoms with E-state index in [1.165, 1.54) is 27.1 Å². The minimum atomic E-state index is 0.786. The maximum Gasteiger partial charge on any atom is 0.0412 e. The van der Waals surface area contributed by atoms with Gasteiger partial charge in [-0.2, -0.15) is 0 Å². The average Bonchev–Trinajstić information content (AvgIpc) is 2.37. The van der Waals surface area contributed by atoms with Crippen molar-refractivity contribution in [2.24, 2.45) is 0 Å². The molecule has 0 saturated heterocycles. The number of alkyl halides is 1. The van der Waals surface area contributed by atoms with E-state index >= 15 is 0 Å². The van der Waals surface area contributed by atoms with Gasteiger partial charge in [0.15, 0.2) is 0 Å². The summed E-state index contributed by atoms with van der Waals surface area (Å²) in [5, 5.41) is 6.66. The highest BCUT2D eigenvalue weighted by Gasteiger charge is 2.05. The Bertz CT molecular complexity index is 704. The summed E-state index contributed by atoms with van der Waals surface area (Å²) in [4.78, 5) is 0. The highest BCUT2D eigenvalue weighted by Crippen LogP contribution is 2.31. The van der Waals surface area contributed by atoms with Crippen molar-refractivity contribution in [3.05, 3.63) is 59.1 Å². The third-order valence-corrected chi connectivity index (χ3v) is 3.89. The quantitative estimate of drug-likeness (QED) is 0.409. The van der Waals surface area contributed by atoms with Gasteiger partial charge in [-0.25, -0.2) is 0 Å². The molecule has 0 fully saturated rings. The number of benzene rings is 3. The monoisotopic (exact) mass is 304 g/mol. The second kappa shape index (κ2) is 4.32. The van der Waals surface area contributed by atoms with Gasteiger partial charge in [0.2, 0.25) is 0 Å². The predicted molar refractivity (Wildman–Crippen MR) is 79.1 cm³/mol. The minimum absolute atomic E-state index is 0.786. The first-order valence-electron chi connectivity index (χ1n) is 5.45. The first kappa shape index (κ1) is 11.1. The highest BCUT2D eigenvalue weighted by atomic mass is 79.9. The van der Waals surface area contributed by atoms with Crippen LogP contribution in [-0.4, -0.2) is 0 Å². The van der Waals surface area contributed by atoms with Gasteiger partial charge in [-0.3, -0.25) is 0 Å². The fourth-order valence-corrected chi connectivity index (χ4v) is 2.90. The molecule has 3 aromatic carbocycles. The number of halogens is 2. The molecule has 0 aliphatic rings. The Kier molecular flexibility index (Phi) is 2.81. The number of hydrogen-bond donors (Lipinski definition) is 0. The van der Waals surface area contributed by atoms with E-state index in [1.54, 1.807) is 0 Å². The fraction of sp³-hybridized carbons (Fsp3) is 0.0667. The Labute approximate surface area is 113 Å². The van der Waals surface area contributed by atoms with Crippen LogP contribution in [0.15, 0.2) is 48.5 Å². The lowest BCUT2D eigenvalue weighted by Gasteiger charge is -2.08. The van der Waals surface area contributed by atoms with Crippen molar-refractivity contribution in [2.45, 2.75) is 5.33 Å². The Morgan fingerprint density at radius 2 is 1.71 bits per heavy atom. The zero-order valence-corrected chi connectivity index (χ0v) is 11.4. The van der Waals surface area contributed by atoms with E-state index in [1.807, 2.05) is 12.1 Å². The number of hydrogen-bond acceptors (Lipinski definition) is 0. The standard InChI is InChI=1S/C15H10BrCl/c16-9-11-7-10-3-1-2-4-13(10)15-8-12(17)5-6-14(11)15/h1-8H,9H2. The normalized spacial score (nSPS) is 11.2. The third kappa shape index (κ3) is 1.84. The molecule has 0 radical (unpaired) electrons. The summed E-state index contributed by atoms with van der Waals surface area (Å²) in [6.45, 7) is 0. The van der Waals surface area contributed by atoms with E-state index in [2.05, 4.69) is 52.3 Å². The lowest BCUT2D eigenvalue weighted by Crippen LogP contribution is -1.85. The Balaban J connectivity index is 2.56. The summed E-state index contributed by atoms with van der Waals surface area (Å²) >= 11 is 9.65. The Hall–Kier alpha value is -1.05. The molecule has 0 N–H and O–H groups in total. The van der Waals surface area contributed by atoms with E-state index in [4.69, 9.17) is 11.6 Å². The SMILES string of the molecule is Clc1ccc2c(CBr)cc3ccccc3c2c1. The summed E-state index contributed by atoms with van der Waals surface area (Å²) in [5.41, 5.74) is 1.30. The van der Waals surface area contributed by atoms with Gasteiger partial charge in [-0.1, -0.05) is 57.9 Å². The molecule has 84 valence electrons. The zero-order chi connectivity index (χ0) is 11.8. The van der Waals surface area contributed by atoms with Crippen LogP contribution in [0.4, 0.5) is 0 Å². The summed E-state index contributed by atoms with van der Waals surface area (Å²) in [5.74, 6) is 0. The summed E-state index contributed by atoms with van der Waals surface area (Å²) in [6.07, 6.45) is 0. The van der Waals surface area contributed by atoms with Crippen LogP contribution in [0.1, 0.15) is 5.56 Å². The van der Waals surface area contributed by atoms with E-state index in [9.17, 15) is 0 Å². The van der Waals surface area contributed by atoms with Crippen LogP contribution >= 0.6 is 27.5 Å². The third-order valence-electron chi connectivity index (χ3n) is 3.05. The van der Waals surface area contributed by atoms with Crippen molar-refractivity contribution in [3.63, 3.8) is 0 Å². The molecule has 0 atom stereocenters. The first-order chi connectivity index (χ1) is 8.29. The molecule has 0 saturated carbocycles. The fourth-order valence-electron chi connectivity index (χ4n) is 2.26. The van der Waals surface area contributed by atoms with E-state index in [-0.39, 0.29) is 0 Å². The number of fused-ring (bicyclic) bond motifs is 3. The number of rotatable bonds is 1. The molecule has 0 aromatic heterocycles. The zero-order valence-electron chi connectivity index (χ0n) is 9.08. The summed E-state index contributed by atoms with van der Waals surface area (Å²) in [7, 11) is 0. The van der Waals surface area contributed by atoms with Crippen molar-refractivity contribution in [3.8, 4) is 0 Å². The molecule has 0 nitrogen and oxygen atoms in total. The van der Waals surface area contributed by atoms with Crippen molar-refractivity contribution in [1.29, 1.82) is 0 Å². The van der Waals surface area contributed by atoms with Crippen molar-refractivity contribution in [2.75, 3.05) is 0 Å². The van der Waals surface area contributed by atoms with Crippen molar-refractivity contribution >= 4 is 49.1 Å². The van der Waals surface area contributed by atoms with Gasteiger partial charge in [0, 0.05) is 10.4 Å². The van der Waals surface area contributed by atoms with Gasteiger partial charge in [-0.05, 0) is 45.3 Å². The highest BCUT2D eigenvalue weighted by molar-refractivity contribution is 9.08. The molecule has 0 heterocycles. The predicted octanol–water partition coefficient (Wildman–Crippen LogP) is 5.54. The molecule has 0 aliphatic carbocycles. The molecule has 0 spiro atoms. The Morgan fingerprint density at radius 3 is 2.53 bits per heavy atom. The average molecular weight is 306 g/mol. The van der Waals surface area contributed by atoms with Crippen LogP contribution in [0.3, 0.4) is 0 Å². The molecular formula is C15H10BrCl. The van der Waals surface area contributed by atoms with Gasteiger partial charge < -0.3 is 0 Å². The molecule has 0 unspecified atom stereocenters. The van der Waals surface area contributed by atoms with Gasteiger partial charge in [0.25, 0.3) is 0 Å². The van der Waals surface area contributed by atoms with Crippen molar-refractivity contribution in [1.82, 2.24) is 0 Å². The second-order valence-corrected chi connectivity index (χ2v) is 5.08. The molecule has 3 rings (SSSR count). The van der Waals surface area contributed by atoms with Gasteiger partial charge in [0.1, 0.15) is 0 Å². The Morgan fingerprint density at radius 1 is 0.882 bits per heavy atom. The lowest BCUT2D eigenvalue weighted by molar-refractivity contribution is 1.51. The first-order valence-corrected chi connectivity index (χ1v) is 6.95. The van der Waals surface area contributed by atoms with Crippen LogP contribution in [0.5, 0.6) is 0 Å². The summed E-state index contributed by atoms with van der Waals surface area (Å²) in [6, 6.07) is 16.7. The van der Waals surface area contributed by atoms with Crippen LogP contribution in [0, 0.1) is 0 Å². The van der Waals surface area contributed by atoms with Gasteiger partial charge >= 0.3 is 0 Å². The molecule has 0 bridgehead atoms. The maximum atomic E-state index is 6.10. The molecule has 3 aromatic rings. The van der Waals surface area contributed by atoms with Crippen LogP contribution in [0.25, 0.3) is 21.5 Å². The van der Waals surface area contributed by atoms with E-state index < -0.39 is 0 Å². The van der Waals surface area contributed by atoms with Gasteiger partial charge in [0.05, 0.1) is 0 Å². The molecule has 0 aliphatic heterocycles. The minimum Gasteiger partial charge on any atom is -0.0876 e. The molecule has 0 amide bonds. The van der Waals surface area contributed by atoms with Crippen LogP contribution in [-0.2, 0) is 5.33 Å².